The summed E-state index contributed by atoms with van der Waals surface area (Å²) < 4.78 is 54.7. The van der Waals surface area contributed by atoms with Gasteiger partial charge in [0.2, 0.25) is 0 Å². The van der Waals surface area contributed by atoms with E-state index in [1.807, 2.05) is 14.1 Å². The third-order valence-corrected chi connectivity index (χ3v) is 10.9. The Morgan fingerprint density at radius 1 is 1.07 bits per heavy atom. The summed E-state index contributed by atoms with van der Waals surface area (Å²) in [5.74, 6) is -2.02. The largest absolute Gasteiger partial charge is 0.508 e. The molecule has 0 saturated heterocycles. The second-order valence-electron chi connectivity index (χ2n) is 14.6. The Morgan fingerprint density at radius 2 is 1.84 bits per heavy atom. The van der Waals surface area contributed by atoms with Crippen LogP contribution in [-0.2, 0) is 11.2 Å². The van der Waals surface area contributed by atoms with Crippen LogP contribution in [0.2, 0.25) is 0 Å². The number of aliphatic hydroxyl groups excluding tert-OH is 1. The Kier molecular flexibility index (Phi) is 7.83. The van der Waals surface area contributed by atoms with E-state index in [1.165, 1.54) is 30.3 Å². The lowest BCUT2D eigenvalue weighted by Gasteiger charge is -2.52. The molecule has 1 spiro atoms. The van der Waals surface area contributed by atoms with Crippen molar-refractivity contribution in [2.45, 2.75) is 83.2 Å². The molecule has 242 valence electrons. The van der Waals surface area contributed by atoms with Crippen LogP contribution in [0.1, 0.15) is 69.4 Å². The molecule has 0 bridgehead atoms. The zero-order chi connectivity index (χ0) is 31.7. The lowest BCUT2D eigenvalue weighted by atomic mass is 9.56. The molecular weight excluding hydrogens is 579 g/mol. The van der Waals surface area contributed by atoms with Crippen LogP contribution in [0.25, 0.3) is 16.3 Å². The molecular formula is C36H44F3N3O3. The van der Waals surface area contributed by atoms with Crippen molar-refractivity contribution in [3.05, 3.63) is 70.2 Å². The SMILES string of the molecule is CCc1c(F)ccc2cc(O)cc(C3=C(F)C4NC(OCC5(CN(C)C)CC5)NC(C5CCCC6(CC(O)C6)C5)=C4C=C3F)c12. The summed E-state index contributed by atoms with van der Waals surface area (Å²) in [5.41, 5.74) is 1.65. The molecule has 2 aromatic carbocycles. The molecule has 3 atom stereocenters. The molecule has 0 radical (unpaired) electrons. The fraction of sp³-hybridized carbons (Fsp3) is 0.556. The number of aromatic hydroxyl groups is 1. The van der Waals surface area contributed by atoms with Gasteiger partial charge in [0.25, 0.3) is 0 Å². The molecule has 1 heterocycles. The van der Waals surface area contributed by atoms with Crippen LogP contribution in [-0.4, -0.2) is 60.9 Å². The van der Waals surface area contributed by atoms with Gasteiger partial charge in [-0.15, -0.1) is 0 Å². The number of hydrogen-bond donors (Lipinski definition) is 4. The van der Waals surface area contributed by atoms with Crippen LogP contribution >= 0.6 is 0 Å². The average Bonchev–Trinajstić information content (AvgIpc) is 3.74. The van der Waals surface area contributed by atoms with E-state index in [4.69, 9.17) is 4.74 Å². The zero-order valence-electron chi connectivity index (χ0n) is 26.4. The minimum absolute atomic E-state index is 0.0504. The second kappa shape index (κ2) is 11.4. The molecule has 1 aliphatic heterocycles. The van der Waals surface area contributed by atoms with Crippen molar-refractivity contribution in [2.75, 3.05) is 27.2 Å². The standard InChI is InChI=1S/C36H44F3N3O3/c1-4-24-27(37)8-7-20-12-22(43)13-25(29(20)24)30-28(38)14-26-32(21-6-5-9-36(15-21)16-23(44)17-36)40-34(41-33(26)31(30)39)45-19-35(10-11-35)18-42(2)3/h7-8,12-14,21,23,33-34,40-41,43-44H,4-6,9-11,15-19H2,1-3H3. The van der Waals surface area contributed by atoms with Gasteiger partial charge in [0.1, 0.15) is 23.2 Å². The van der Waals surface area contributed by atoms with E-state index < -0.39 is 29.9 Å². The van der Waals surface area contributed by atoms with Crippen LogP contribution in [0.4, 0.5) is 13.2 Å². The summed E-state index contributed by atoms with van der Waals surface area (Å²) in [5, 5.41) is 28.4. The van der Waals surface area contributed by atoms with Gasteiger partial charge in [-0.05, 0) is 129 Å². The molecule has 4 aliphatic carbocycles. The molecule has 0 aromatic heterocycles. The van der Waals surface area contributed by atoms with E-state index in [-0.39, 0.29) is 39.7 Å². The molecule has 3 fully saturated rings. The highest BCUT2D eigenvalue weighted by molar-refractivity contribution is 6.01. The van der Waals surface area contributed by atoms with Crippen LogP contribution in [0, 0.1) is 22.6 Å². The Balaban J connectivity index is 1.30. The molecule has 3 saturated carbocycles. The van der Waals surface area contributed by atoms with Crippen molar-refractivity contribution in [3.8, 4) is 5.75 Å². The summed E-state index contributed by atoms with van der Waals surface area (Å²) in [6.45, 7) is 3.21. The Labute approximate surface area is 263 Å². The maximum atomic E-state index is 17.0. The van der Waals surface area contributed by atoms with Gasteiger partial charge in [0.15, 0.2) is 6.35 Å². The number of aryl methyl sites for hydroxylation is 1. The van der Waals surface area contributed by atoms with Crippen LogP contribution in [0.3, 0.4) is 0 Å². The smallest absolute Gasteiger partial charge is 0.184 e. The third kappa shape index (κ3) is 5.60. The predicted molar refractivity (Wildman–Crippen MR) is 169 cm³/mol. The van der Waals surface area contributed by atoms with Crippen molar-refractivity contribution in [3.63, 3.8) is 0 Å². The fourth-order valence-electron chi connectivity index (χ4n) is 8.71. The normalized spacial score (nSPS) is 30.8. The first-order valence-corrected chi connectivity index (χ1v) is 16.4. The number of phenolic OH excluding ortho intramolecular Hbond substituents is 1. The number of fused-ring (bicyclic) bond motifs is 2. The first-order chi connectivity index (χ1) is 21.5. The average molecular weight is 624 g/mol. The van der Waals surface area contributed by atoms with Crippen molar-refractivity contribution in [1.29, 1.82) is 0 Å². The van der Waals surface area contributed by atoms with Crippen LogP contribution in [0.5, 0.6) is 5.75 Å². The number of benzene rings is 2. The van der Waals surface area contributed by atoms with E-state index in [0.29, 0.717) is 34.9 Å². The van der Waals surface area contributed by atoms with Crippen molar-refractivity contribution < 1.29 is 28.1 Å². The van der Waals surface area contributed by atoms with Gasteiger partial charge in [-0.25, -0.2) is 13.2 Å². The van der Waals surface area contributed by atoms with Gasteiger partial charge in [-0.3, -0.25) is 5.32 Å². The third-order valence-electron chi connectivity index (χ3n) is 10.9. The quantitative estimate of drug-likeness (QED) is 0.266. The summed E-state index contributed by atoms with van der Waals surface area (Å²) >= 11 is 0. The highest BCUT2D eigenvalue weighted by Gasteiger charge is 2.49. The number of ether oxygens (including phenoxy) is 1. The molecule has 7 rings (SSSR count). The fourth-order valence-corrected chi connectivity index (χ4v) is 8.71. The summed E-state index contributed by atoms with van der Waals surface area (Å²) in [7, 11) is 4.10. The van der Waals surface area contributed by atoms with Crippen molar-refractivity contribution in [2.24, 2.45) is 16.7 Å². The summed E-state index contributed by atoms with van der Waals surface area (Å²) in [4.78, 5) is 2.16. The van der Waals surface area contributed by atoms with E-state index >= 15 is 8.78 Å². The first kappa shape index (κ1) is 30.8. The maximum absolute atomic E-state index is 17.0. The Morgan fingerprint density at radius 3 is 2.53 bits per heavy atom. The number of allylic oxidation sites excluding steroid dienone is 3. The Bertz CT molecular complexity index is 1600. The Hall–Kier alpha value is -2.85. The molecule has 6 nitrogen and oxygen atoms in total. The molecule has 4 N–H and O–H groups in total. The van der Waals surface area contributed by atoms with Gasteiger partial charge < -0.3 is 25.2 Å². The summed E-state index contributed by atoms with van der Waals surface area (Å²) in [6.07, 6.45) is 8.21. The molecule has 45 heavy (non-hydrogen) atoms. The van der Waals surface area contributed by atoms with E-state index in [0.717, 1.165) is 63.6 Å². The van der Waals surface area contributed by atoms with Gasteiger partial charge in [0, 0.05) is 17.7 Å². The number of halogens is 3. The van der Waals surface area contributed by atoms with Gasteiger partial charge >= 0.3 is 0 Å². The predicted octanol–water partition coefficient (Wildman–Crippen LogP) is 6.58. The lowest BCUT2D eigenvalue weighted by Crippen LogP contribution is -2.57. The van der Waals surface area contributed by atoms with Gasteiger partial charge in [-0.1, -0.05) is 19.4 Å². The molecule has 9 heteroatoms. The minimum atomic E-state index is -0.981. The highest BCUT2D eigenvalue weighted by atomic mass is 19.1. The first-order valence-electron chi connectivity index (χ1n) is 16.4. The van der Waals surface area contributed by atoms with Gasteiger partial charge in [-0.2, -0.15) is 0 Å². The maximum Gasteiger partial charge on any atom is 0.184 e. The number of rotatable bonds is 8. The highest BCUT2D eigenvalue weighted by Crippen LogP contribution is 2.55. The number of hydrogen-bond acceptors (Lipinski definition) is 6. The summed E-state index contributed by atoms with van der Waals surface area (Å²) in [6, 6.07) is 4.70. The second-order valence-corrected chi connectivity index (χ2v) is 14.6. The van der Waals surface area contributed by atoms with Gasteiger partial charge in [0.05, 0.1) is 24.3 Å². The van der Waals surface area contributed by atoms with Crippen molar-refractivity contribution in [1.82, 2.24) is 15.5 Å². The van der Waals surface area contributed by atoms with E-state index in [1.54, 1.807) is 6.92 Å². The number of phenols is 1. The van der Waals surface area contributed by atoms with E-state index in [2.05, 4.69) is 15.5 Å². The number of aliphatic hydroxyl groups is 1. The monoisotopic (exact) mass is 623 g/mol. The van der Waals surface area contributed by atoms with Crippen molar-refractivity contribution >= 4 is 16.3 Å². The minimum Gasteiger partial charge on any atom is -0.508 e. The molecule has 5 aliphatic rings. The van der Waals surface area contributed by atoms with E-state index in [9.17, 15) is 14.6 Å². The zero-order valence-corrected chi connectivity index (χ0v) is 26.4. The lowest BCUT2D eigenvalue weighted by molar-refractivity contribution is -0.0670. The number of nitrogens with one attached hydrogen (secondary N) is 2. The van der Waals surface area contributed by atoms with Crippen LogP contribution < -0.4 is 10.6 Å². The number of nitrogens with zero attached hydrogens (tertiary/aromatic N) is 1. The molecule has 2 aromatic rings. The van der Waals surface area contributed by atoms with Crippen LogP contribution in [0.15, 0.2) is 53.3 Å². The molecule has 0 amide bonds. The topological polar surface area (TPSA) is 77.0 Å². The molecule has 3 unspecified atom stereocenters.